The third-order valence-electron chi connectivity index (χ3n) is 2.50. The minimum Gasteiger partial charge on any atom is -0.481 e. The molecule has 0 fully saturated rings. The van der Waals surface area contributed by atoms with E-state index >= 15 is 0 Å². The minimum absolute atomic E-state index is 0.692. The van der Waals surface area contributed by atoms with E-state index in [0.717, 1.165) is 18.5 Å². The molecule has 0 aliphatic rings. The predicted molar refractivity (Wildman–Crippen MR) is 68.4 cm³/mol. The van der Waals surface area contributed by atoms with Crippen molar-refractivity contribution < 1.29 is 4.74 Å². The molecule has 0 amide bonds. The highest BCUT2D eigenvalue weighted by atomic mass is 32.1. The number of ether oxygens (including phenoxy) is 1. The molecule has 0 aromatic carbocycles. The smallest absolute Gasteiger partial charge is 0.213 e. The molecule has 0 aliphatic heterocycles. The average Bonchev–Trinajstić information content (AvgIpc) is 2.68. The molecule has 0 radical (unpaired) electrons. The van der Waals surface area contributed by atoms with Gasteiger partial charge in [0.2, 0.25) is 5.88 Å². The van der Waals surface area contributed by atoms with E-state index in [9.17, 15) is 0 Å². The van der Waals surface area contributed by atoms with Crippen LogP contribution >= 0.6 is 11.3 Å². The number of aromatic nitrogens is 1. The van der Waals surface area contributed by atoms with Crippen molar-refractivity contribution in [2.24, 2.45) is 0 Å². The van der Waals surface area contributed by atoms with E-state index in [1.807, 2.05) is 6.07 Å². The van der Waals surface area contributed by atoms with Gasteiger partial charge in [-0.25, -0.2) is 4.98 Å². The van der Waals surface area contributed by atoms with Crippen LogP contribution in [0.3, 0.4) is 0 Å². The summed E-state index contributed by atoms with van der Waals surface area (Å²) in [5.41, 5.74) is 2.40. The minimum atomic E-state index is 0.692. The Kier molecular flexibility index (Phi) is 3.41. The van der Waals surface area contributed by atoms with Gasteiger partial charge in [-0.1, -0.05) is 0 Å². The van der Waals surface area contributed by atoms with E-state index in [-0.39, 0.29) is 0 Å². The second-order valence-corrected chi connectivity index (χ2v) is 4.93. The number of likely N-dealkylation sites (N-methyl/N-ethyl adjacent to an activating group) is 1. The van der Waals surface area contributed by atoms with Crippen molar-refractivity contribution in [2.45, 2.75) is 6.42 Å². The molecular weight excluding hydrogens is 220 g/mol. The molecule has 0 aliphatic carbocycles. The van der Waals surface area contributed by atoms with Crippen molar-refractivity contribution in [3.8, 4) is 5.88 Å². The Bertz CT molecular complexity index is 479. The summed E-state index contributed by atoms with van der Waals surface area (Å²) in [6.45, 7) is 1.05. The van der Waals surface area contributed by atoms with Gasteiger partial charge >= 0.3 is 0 Å². The van der Waals surface area contributed by atoms with Crippen LogP contribution in [0.15, 0.2) is 17.5 Å². The molecule has 0 saturated heterocycles. The normalized spacial score (nSPS) is 11.2. The molecule has 16 heavy (non-hydrogen) atoms. The van der Waals surface area contributed by atoms with Crippen molar-refractivity contribution in [1.29, 1.82) is 0 Å². The number of pyridine rings is 1. The van der Waals surface area contributed by atoms with Crippen LogP contribution in [0.5, 0.6) is 5.88 Å². The highest BCUT2D eigenvalue weighted by molar-refractivity contribution is 7.17. The average molecular weight is 236 g/mol. The van der Waals surface area contributed by atoms with Gasteiger partial charge in [0, 0.05) is 12.6 Å². The van der Waals surface area contributed by atoms with E-state index in [4.69, 9.17) is 4.74 Å². The van der Waals surface area contributed by atoms with E-state index in [1.165, 1.54) is 10.3 Å². The Balaban J connectivity index is 2.30. The number of fused-ring (bicyclic) bond motifs is 1. The van der Waals surface area contributed by atoms with Crippen LogP contribution in [-0.2, 0) is 6.42 Å². The lowest BCUT2D eigenvalue weighted by atomic mass is 10.2. The Hall–Kier alpha value is -1.13. The largest absolute Gasteiger partial charge is 0.481 e. The maximum atomic E-state index is 5.16. The highest BCUT2D eigenvalue weighted by Crippen LogP contribution is 2.26. The molecular formula is C12H16N2OS. The van der Waals surface area contributed by atoms with E-state index in [1.54, 1.807) is 18.4 Å². The molecule has 0 spiro atoms. The second-order valence-electron chi connectivity index (χ2n) is 4.01. The number of rotatable bonds is 4. The Morgan fingerprint density at radius 2 is 2.19 bits per heavy atom. The zero-order valence-corrected chi connectivity index (χ0v) is 10.7. The maximum absolute atomic E-state index is 5.16. The molecule has 2 heterocycles. The number of nitrogens with zero attached hydrogens (tertiary/aromatic N) is 2. The zero-order chi connectivity index (χ0) is 11.5. The van der Waals surface area contributed by atoms with Gasteiger partial charge < -0.3 is 9.64 Å². The monoisotopic (exact) mass is 236 g/mol. The lowest BCUT2D eigenvalue weighted by Crippen LogP contribution is -2.14. The summed E-state index contributed by atoms with van der Waals surface area (Å²) in [5, 5.41) is 2.20. The summed E-state index contributed by atoms with van der Waals surface area (Å²) >= 11 is 1.75. The molecule has 0 bridgehead atoms. The molecule has 0 N–H and O–H groups in total. The van der Waals surface area contributed by atoms with Crippen LogP contribution in [-0.4, -0.2) is 37.6 Å². The van der Waals surface area contributed by atoms with Crippen molar-refractivity contribution in [3.63, 3.8) is 0 Å². The molecule has 0 saturated carbocycles. The van der Waals surface area contributed by atoms with Gasteiger partial charge in [-0.05, 0) is 37.5 Å². The molecule has 3 nitrogen and oxygen atoms in total. The first kappa shape index (κ1) is 11.4. The first-order valence-corrected chi connectivity index (χ1v) is 6.14. The fraction of sp³-hybridized carbons (Fsp3) is 0.417. The predicted octanol–water partition coefficient (Wildman–Crippen LogP) is 2.41. The number of methoxy groups -OCH3 is 1. The highest BCUT2D eigenvalue weighted by Gasteiger charge is 2.07. The molecule has 2 aromatic rings. The van der Waals surface area contributed by atoms with Crippen molar-refractivity contribution in [2.75, 3.05) is 27.7 Å². The Morgan fingerprint density at radius 3 is 2.88 bits per heavy atom. The standard InChI is InChI=1S/C12H16N2OS/c1-14(2)7-6-9-8-16-10-4-5-11(15-3)13-12(9)10/h4-5,8H,6-7H2,1-3H3. The summed E-state index contributed by atoms with van der Waals surface area (Å²) in [7, 11) is 5.82. The summed E-state index contributed by atoms with van der Waals surface area (Å²) < 4.78 is 6.39. The van der Waals surface area contributed by atoms with Crippen LogP contribution in [0.25, 0.3) is 10.2 Å². The van der Waals surface area contributed by atoms with Crippen LogP contribution in [0, 0.1) is 0 Å². The van der Waals surface area contributed by atoms with Gasteiger partial charge in [0.1, 0.15) is 0 Å². The van der Waals surface area contributed by atoms with E-state index in [0.29, 0.717) is 5.88 Å². The Morgan fingerprint density at radius 1 is 1.38 bits per heavy atom. The molecule has 0 atom stereocenters. The van der Waals surface area contributed by atoms with E-state index < -0.39 is 0 Å². The summed E-state index contributed by atoms with van der Waals surface area (Å²) in [5.74, 6) is 0.692. The quantitative estimate of drug-likeness (QED) is 0.815. The molecule has 2 rings (SSSR count). The lowest BCUT2D eigenvalue weighted by molar-refractivity contribution is 0.399. The zero-order valence-electron chi connectivity index (χ0n) is 9.86. The number of thiophene rings is 1. The first-order chi connectivity index (χ1) is 7.70. The fourth-order valence-electron chi connectivity index (χ4n) is 1.58. The van der Waals surface area contributed by atoms with Crippen LogP contribution in [0.2, 0.25) is 0 Å². The van der Waals surface area contributed by atoms with Gasteiger partial charge in [-0.3, -0.25) is 0 Å². The van der Waals surface area contributed by atoms with Crippen molar-refractivity contribution >= 4 is 21.6 Å². The number of hydrogen-bond acceptors (Lipinski definition) is 4. The van der Waals surface area contributed by atoms with Gasteiger partial charge in [0.25, 0.3) is 0 Å². The summed E-state index contributed by atoms with van der Waals surface area (Å²) in [6.07, 6.45) is 1.03. The van der Waals surface area contributed by atoms with Crippen LogP contribution < -0.4 is 4.74 Å². The van der Waals surface area contributed by atoms with Gasteiger partial charge in [0.05, 0.1) is 17.3 Å². The maximum Gasteiger partial charge on any atom is 0.213 e. The molecule has 4 heteroatoms. The molecule has 0 unspecified atom stereocenters. The van der Waals surface area contributed by atoms with Crippen molar-refractivity contribution in [3.05, 3.63) is 23.1 Å². The third-order valence-corrected chi connectivity index (χ3v) is 3.49. The van der Waals surface area contributed by atoms with Crippen LogP contribution in [0.1, 0.15) is 5.56 Å². The topological polar surface area (TPSA) is 25.4 Å². The molecule has 86 valence electrons. The second kappa shape index (κ2) is 4.80. The number of hydrogen-bond donors (Lipinski definition) is 0. The fourth-order valence-corrected chi connectivity index (χ4v) is 2.51. The summed E-state index contributed by atoms with van der Waals surface area (Å²) in [6, 6.07) is 3.99. The first-order valence-electron chi connectivity index (χ1n) is 5.26. The van der Waals surface area contributed by atoms with Crippen LogP contribution in [0.4, 0.5) is 0 Å². The lowest BCUT2D eigenvalue weighted by Gasteiger charge is -2.08. The Labute approximate surface area is 99.7 Å². The SMILES string of the molecule is COc1ccc2scc(CCN(C)C)c2n1. The summed E-state index contributed by atoms with van der Waals surface area (Å²) in [4.78, 5) is 6.69. The molecule has 2 aromatic heterocycles. The van der Waals surface area contributed by atoms with Gasteiger partial charge in [-0.15, -0.1) is 11.3 Å². The van der Waals surface area contributed by atoms with Crippen molar-refractivity contribution in [1.82, 2.24) is 9.88 Å². The van der Waals surface area contributed by atoms with Gasteiger partial charge in [0.15, 0.2) is 0 Å². The van der Waals surface area contributed by atoms with E-state index in [2.05, 4.69) is 35.4 Å². The van der Waals surface area contributed by atoms with Gasteiger partial charge in [-0.2, -0.15) is 0 Å². The third kappa shape index (κ3) is 2.33.